The Morgan fingerprint density at radius 1 is 1.32 bits per heavy atom. The first kappa shape index (κ1) is 14.5. The fourth-order valence-electron chi connectivity index (χ4n) is 2.68. The number of carboxylic acids is 1. The maximum absolute atomic E-state index is 12.5. The molecule has 2 amide bonds. The summed E-state index contributed by atoms with van der Waals surface area (Å²) in [6.07, 6.45) is 0.0292. The van der Waals surface area contributed by atoms with Crippen LogP contribution in [0.4, 0.5) is 5.69 Å². The van der Waals surface area contributed by atoms with E-state index in [2.05, 4.69) is 5.32 Å². The van der Waals surface area contributed by atoms with Crippen molar-refractivity contribution in [3.05, 3.63) is 29.3 Å². The van der Waals surface area contributed by atoms with E-state index in [4.69, 9.17) is 9.84 Å². The average molecular weight is 304 g/mol. The third-order valence-electron chi connectivity index (χ3n) is 3.88. The molecule has 7 heteroatoms. The summed E-state index contributed by atoms with van der Waals surface area (Å²) >= 11 is 0. The second-order valence-corrected chi connectivity index (χ2v) is 5.37. The van der Waals surface area contributed by atoms with Gasteiger partial charge in [0.2, 0.25) is 5.91 Å². The molecular formula is C15H16N2O5. The fraction of sp³-hybridized carbons (Fsp3) is 0.400. The van der Waals surface area contributed by atoms with Gasteiger partial charge in [-0.2, -0.15) is 0 Å². The summed E-state index contributed by atoms with van der Waals surface area (Å²) in [4.78, 5) is 36.3. The molecule has 1 aromatic carbocycles. The molecule has 1 atom stereocenters. The standard InChI is InChI=1S/C15H16N2O5/c18-13-4-2-9-7-10(1-3-11(9)16-13)14(19)17-5-6-22-12(8-17)15(20)21/h1,3,7,12H,2,4-6,8H2,(H,16,18)(H,20,21)/t12-/m0/s1. The highest BCUT2D eigenvalue weighted by Gasteiger charge is 2.29. The number of amides is 2. The molecule has 0 aromatic heterocycles. The Morgan fingerprint density at radius 2 is 2.14 bits per heavy atom. The Bertz CT molecular complexity index is 643. The molecule has 2 aliphatic rings. The van der Waals surface area contributed by atoms with Crippen molar-refractivity contribution in [3.8, 4) is 0 Å². The quantitative estimate of drug-likeness (QED) is 0.829. The molecule has 3 rings (SSSR count). The number of aliphatic carboxylic acids is 1. The molecule has 7 nitrogen and oxygen atoms in total. The lowest BCUT2D eigenvalue weighted by atomic mass is 10.00. The molecule has 2 aliphatic heterocycles. The van der Waals surface area contributed by atoms with Crippen LogP contribution < -0.4 is 5.32 Å². The van der Waals surface area contributed by atoms with Crippen LogP contribution in [0.2, 0.25) is 0 Å². The number of aryl methyl sites for hydroxylation is 1. The van der Waals surface area contributed by atoms with Crippen LogP contribution in [0.15, 0.2) is 18.2 Å². The van der Waals surface area contributed by atoms with Gasteiger partial charge in [0.25, 0.3) is 5.91 Å². The van der Waals surface area contributed by atoms with Crippen LogP contribution in [-0.2, 0) is 20.7 Å². The summed E-state index contributed by atoms with van der Waals surface area (Å²) in [5, 5.41) is 11.8. The van der Waals surface area contributed by atoms with E-state index in [-0.39, 0.29) is 25.0 Å². The van der Waals surface area contributed by atoms with Crippen LogP contribution in [0.1, 0.15) is 22.3 Å². The van der Waals surface area contributed by atoms with Gasteiger partial charge in [0.1, 0.15) is 0 Å². The topological polar surface area (TPSA) is 95.9 Å². The van der Waals surface area contributed by atoms with E-state index in [1.807, 2.05) is 0 Å². The lowest BCUT2D eigenvalue weighted by molar-refractivity contribution is -0.154. The Labute approximate surface area is 126 Å². The predicted octanol–water partition coefficient (Wildman–Crippen LogP) is 0.497. The number of hydrogen-bond acceptors (Lipinski definition) is 4. The SMILES string of the molecule is O=C1CCc2cc(C(=O)N3CCO[C@H](C(=O)O)C3)ccc2N1. The van der Waals surface area contributed by atoms with Crippen LogP contribution in [0, 0.1) is 0 Å². The number of benzene rings is 1. The van der Waals surface area contributed by atoms with Gasteiger partial charge in [-0.05, 0) is 30.2 Å². The van der Waals surface area contributed by atoms with Gasteiger partial charge in [0, 0.05) is 24.2 Å². The van der Waals surface area contributed by atoms with Gasteiger partial charge < -0.3 is 20.1 Å². The molecular weight excluding hydrogens is 288 g/mol. The summed E-state index contributed by atoms with van der Waals surface area (Å²) in [6, 6.07) is 5.13. The van der Waals surface area contributed by atoms with E-state index in [1.165, 1.54) is 4.90 Å². The lowest BCUT2D eigenvalue weighted by Gasteiger charge is -2.31. The number of ether oxygens (including phenoxy) is 1. The van der Waals surface area contributed by atoms with Crippen LogP contribution in [0.5, 0.6) is 0 Å². The number of carbonyl (C=O) groups is 3. The number of carbonyl (C=O) groups excluding carboxylic acids is 2. The lowest BCUT2D eigenvalue weighted by Crippen LogP contribution is -2.48. The van der Waals surface area contributed by atoms with Gasteiger partial charge in [0.05, 0.1) is 13.2 Å². The molecule has 0 unspecified atom stereocenters. The molecule has 0 aliphatic carbocycles. The first-order valence-electron chi connectivity index (χ1n) is 7.11. The number of morpholine rings is 1. The molecule has 116 valence electrons. The maximum atomic E-state index is 12.5. The average Bonchev–Trinajstić information content (AvgIpc) is 2.53. The predicted molar refractivity (Wildman–Crippen MR) is 76.7 cm³/mol. The van der Waals surface area contributed by atoms with E-state index in [0.29, 0.717) is 24.9 Å². The number of nitrogens with one attached hydrogen (secondary N) is 1. The molecule has 2 N–H and O–H groups in total. The van der Waals surface area contributed by atoms with Crippen molar-refractivity contribution >= 4 is 23.5 Å². The van der Waals surface area contributed by atoms with E-state index < -0.39 is 12.1 Å². The van der Waals surface area contributed by atoms with Crippen molar-refractivity contribution < 1.29 is 24.2 Å². The summed E-state index contributed by atoms with van der Waals surface area (Å²) in [5.41, 5.74) is 2.16. The first-order valence-corrected chi connectivity index (χ1v) is 7.11. The van der Waals surface area contributed by atoms with Crippen LogP contribution in [-0.4, -0.2) is 53.6 Å². The van der Waals surface area contributed by atoms with Crippen LogP contribution >= 0.6 is 0 Å². The highest BCUT2D eigenvalue weighted by Crippen LogP contribution is 2.24. The van der Waals surface area contributed by atoms with E-state index in [9.17, 15) is 14.4 Å². The Morgan fingerprint density at radius 3 is 2.91 bits per heavy atom. The third-order valence-corrected chi connectivity index (χ3v) is 3.88. The largest absolute Gasteiger partial charge is 0.479 e. The maximum Gasteiger partial charge on any atom is 0.334 e. The van der Waals surface area contributed by atoms with Crippen molar-refractivity contribution in [1.82, 2.24) is 4.90 Å². The van der Waals surface area contributed by atoms with Crippen molar-refractivity contribution in [3.63, 3.8) is 0 Å². The smallest absolute Gasteiger partial charge is 0.334 e. The molecule has 0 saturated carbocycles. The van der Waals surface area contributed by atoms with Crippen LogP contribution in [0.25, 0.3) is 0 Å². The third kappa shape index (κ3) is 2.80. The van der Waals surface area contributed by atoms with Gasteiger partial charge in [-0.1, -0.05) is 0 Å². The summed E-state index contributed by atoms with van der Waals surface area (Å²) in [5.74, 6) is -1.30. The second kappa shape index (κ2) is 5.76. The van der Waals surface area contributed by atoms with Crippen molar-refractivity contribution in [1.29, 1.82) is 0 Å². The number of hydrogen-bond donors (Lipinski definition) is 2. The summed E-state index contributed by atoms with van der Waals surface area (Å²) in [6.45, 7) is 0.627. The minimum absolute atomic E-state index is 0.0240. The molecule has 1 fully saturated rings. The number of nitrogens with zero attached hydrogens (tertiary/aromatic N) is 1. The Balaban J connectivity index is 1.77. The summed E-state index contributed by atoms with van der Waals surface area (Å²) < 4.78 is 5.12. The zero-order valence-corrected chi connectivity index (χ0v) is 11.9. The van der Waals surface area contributed by atoms with Crippen molar-refractivity contribution in [2.75, 3.05) is 25.0 Å². The van der Waals surface area contributed by atoms with Crippen molar-refractivity contribution in [2.24, 2.45) is 0 Å². The summed E-state index contributed by atoms with van der Waals surface area (Å²) in [7, 11) is 0. The highest BCUT2D eigenvalue weighted by atomic mass is 16.5. The normalized spacial score (nSPS) is 21.0. The number of carboxylic acid groups (broad SMARTS) is 1. The number of rotatable bonds is 2. The minimum Gasteiger partial charge on any atom is -0.479 e. The zero-order chi connectivity index (χ0) is 15.7. The minimum atomic E-state index is -1.06. The Hall–Kier alpha value is -2.41. The zero-order valence-electron chi connectivity index (χ0n) is 11.9. The molecule has 22 heavy (non-hydrogen) atoms. The Kier molecular flexibility index (Phi) is 3.81. The monoisotopic (exact) mass is 304 g/mol. The molecule has 0 spiro atoms. The fourth-order valence-corrected chi connectivity index (χ4v) is 2.68. The van der Waals surface area contributed by atoms with Crippen LogP contribution in [0.3, 0.4) is 0 Å². The molecule has 1 aromatic rings. The highest BCUT2D eigenvalue weighted by molar-refractivity contribution is 5.98. The molecule has 0 radical (unpaired) electrons. The van der Waals surface area contributed by atoms with Gasteiger partial charge in [-0.25, -0.2) is 4.79 Å². The number of fused-ring (bicyclic) bond motifs is 1. The second-order valence-electron chi connectivity index (χ2n) is 5.37. The van der Waals surface area contributed by atoms with E-state index >= 15 is 0 Å². The van der Waals surface area contributed by atoms with Crippen molar-refractivity contribution in [2.45, 2.75) is 18.9 Å². The molecule has 0 bridgehead atoms. The molecule has 1 saturated heterocycles. The van der Waals surface area contributed by atoms with Gasteiger partial charge >= 0.3 is 5.97 Å². The number of anilines is 1. The van der Waals surface area contributed by atoms with E-state index in [0.717, 1.165) is 11.3 Å². The van der Waals surface area contributed by atoms with E-state index in [1.54, 1.807) is 18.2 Å². The van der Waals surface area contributed by atoms with Gasteiger partial charge in [-0.15, -0.1) is 0 Å². The molecule has 2 heterocycles. The van der Waals surface area contributed by atoms with Gasteiger partial charge in [-0.3, -0.25) is 9.59 Å². The van der Waals surface area contributed by atoms with Gasteiger partial charge in [0.15, 0.2) is 6.10 Å². The first-order chi connectivity index (χ1) is 10.5.